The normalized spacial score (nSPS) is 24.4. The number of hydrogen-bond donors (Lipinski definition) is 1. The van der Waals surface area contributed by atoms with Crippen LogP contribution in [-0.4, -0.2) is 22.9 Å². The Balaban J connectivity index is 1.68. The van der Waals surface area contributed by atoms with E-state index in [4.69, 9.17) is 18.5 Å². The van der Waals surface area contributed by atoms with Crippen LogP contribution in [0.3, 0.4) is 0 Å². The lowest BCUT2D eigenvalue weighted by Crippen LogP contribution is -2.53. The third-order valence-corrected chi connectivity index (χ3v) is 8.32. The lowest BCUT2D eigenvalue weighted by Gasteiger charge is -2.41. The first-order valence-electron chi connectivity index (χ1n) is 12.8. The van der Waals surface area contributed by atoms with E-state index in [1.54, 1.807) is 13.8 Å². The molecule has 4 aromatic carbocycles. The first kappa shape index (κ1) is 28.0. The molecule has 41 heavy (non-hydrogen) atoms. The Labute approximate surface area is 235 Å². The van der Waals surface area contributed by atoms with Crippen LogP contribution in [-0.2, 0) is 29.7 Å². The summed E-state index contributed by atoms with van der Waals surface area (Å²) in [5.41, 5.74) is -1.91. The van der Waals surface area contributed by atoms with Crippen LogP contribution in [0.15, 0.2) is 97.1 Å². The largest absolute Gasteiger partial charge is 0.341 e. The summed E-state index contributed by atoms with van der Waals surface area (Å²) in [6.07, 6.45) is -2.24. The van der Waals surface area contributed by atoms with Gasteiger partial charge in [0.1, 0.15) is 35.5 Å². The van der Waals surface area contributed by atoms with E-state index in [0.29, 0.717) is 22.3 Å². The van der Waals surface area contributed by atoms with Crippen LogP contribution in [0.1, 0.15) is 36.1 Å². The maximum Gasteiger partial charge on any atom is 0.332 e. The highest BCUT2D eigenvalue weighted by Gasteiger charge is 2.67. The van der Waals surface area contributed by atoms with Gasteiger partial charge in [-0.3, -0.25) is 9.05 Å². The Hall–Kier alpha value is -3.17. The van der Waals surface area contributed by atoms with Crippen LogP contribution in [0, 0.1) is 23.3 Å². The summed E-state index contributed by atoms with van der Waals surface area (Å²) in [5, 5.41) is 0. The van der Waals surface area contributed by atoms with E-state index >= 15 is 0 Å². The standard InChI is InChI=1S/C31H25F4O5P/c1-29(2)37-27-28(38-29)31(21-7-15-25(34)16-8-21,22-9-17-26(35)18-10-22)40-41(36)39-30(27,19-3-11-23(32)12-4-19)20-5-13-24(33)14-6-20/h3-18,27-28,36H,1-2H3. The minimum absolute atomic E-state index is 0.376. The van der Waals surface area contributed by atoms with Gasteiger partial charge in [-0.1, -0.05) is 48.5 Å². The van der Waals surface area contributed by atoms with Gasteiger partial charge in [-0.2, -0.15) is 0 Å². The molecule has 5 nitrogen and oxygen atoms in total. The zero-order valence-corrected chi connectivity index (χ0v) is 22.8. The summed E-state index contributed by atoms with van der Waals surface area (Å²) in [4.78, 5) is 11.5. The zero-order valence-electron chi connectivity index (χ0n) is 21.9. The van der Waals surface area contributed by atoms with Crippen molar-refractivity contribution in [2.24, 2.45) is 0 Å². The average molecular weight is 585 g/mol. The molecule has 2 unspecified atom stereocenters. The van der Waals surface area contributed by atoms with E-state index in [9.17, 15) is 22.5 Å². The molecule has 2 aliphatic heterocycles. The van der Waals surface area contributed by atoms with Gasteiger partial charge in [-0.25, -0.2) is 17.6 Å². The lowest BCUT2D eigenvalue weighted by atomic mass is 9.72. The van der Waals surface area contributed by atoms with Crippen LogP contribution in [0.5, 0.6) is 0 Å². The maximum absolute atomic E-state index is 14.1. The summed E-state index contributed by atoms with van der Waals surface area (Å²) in [6.45, 7) is 3.37. The molecule has 2 atom stereocenters. The predicted octanol–water partition coefficient (Wildman–Crippen LogP) is 7.22. The Morgan fingerprint density at radius 3 is 1.00 bits per heavy atom. The fourth-order valence-corrected chi connectivity index (χ4v) is 6.87. The van der Waals surface area contributed by atoms with Crippen molar-refractivity contribution in [3.63, 3.8) is 0 Å². The molecule has 4 aromatic rings. The minimum atomic E-state index is -2.81. The molecule has 0 amide bonds. The van der Waals surface area contributed by atoms with Gasteiger partial charge in [0.2, 0.25) is 0 Å². The molecule has 10 heteroatoms. The number of hydrogen-bond acceptors (Lipinski definition) is 5. The molecule has 2 aliphatic rings. The molecule has 0 aromatic heterocycles. The number of fused-ring (bicyclic) bond motifs is 1. The van der Waals surface area contributed by atoms with E-state index < -0.39 is 61.1 Å². The van der Waals surface area contributed by atoms with Crippen molar-refractivity contribution in [1.82, 2.24) is 0 Å². The van der Waals surface area contributed by atoms with E-state index in [1.165, 1.54) is 97.1 Å². The van der Waals surface area contributed by atoms with Crippen molar-refractivity contribution in [2.45, 2.75) is 43.0 Å². The van der Waals surface area contributed by atoms with Crippen LogP contribution < -0.4 is 0 Å². The fourth-order valence-electron chi connectivity index (χ4n) is 5.72. The van der Waals surface area contributed by atoms with Gasteiger partial charge >= 0.3 is 8.60 Å². The monoisotopic (exact) mass is 584 g/mol. The number of halogens is 4. The van der Waals surface area contributed by atoms with Crippen LogP contribution in [0.25, 0.3) is 0 Å². The molecular weight excluding hydrogens is 559 g/mol. The predicted molar refractivity (Wildman–Crippen MR) is 142 cm³/mol. The molecule has 0 spiro atoms. The molecule has 212 valence electrons. The zero-order chi connectivity index (χ0) is 29.0. The van der Waals surface area contributed by atoms with Gasteiger partial charge < -0.3 is 14.4 Å². The molecule has 2 heterocycles. The summed E-state index contributed by atoms with van der Waals surface area (Å²) < 4.78 is 82.4. The quantitative estimate of drug-likeness (QED) is 0.203. The first-order valence-corrected chi connectivity index (χ1v) is 13.9. The van der Waals surface area contributed by atoms with Crippen molar-refractivity contribution in [3.8, 4) is 0 Å². The molecule has 0 saturated carbocycles. The van der Waals surface area contributed by atoms with Gasteiger partial charge in [0, 0.05) is 0 Å². The molecular formula is C31H25F4O5P. The number of benzene rings is 4. The second-order valence-electron chi connectivity index (χ2n) is 10.4. The molecule has 0 bridgehead atoms. The van der Waals surface area contributed by atoms with Crippen molar-refractivity contribution >= 4 is 8.60 Å². The van der Waals surface area contributed by atoms with Crippen LogP contribution in [0.4, 0.5) is 17.6 Å². The molecule has 0 radical (unpaired) electrons. The van der Waals surface area contributed by atoms with E-state index in [1.807, 2.05) is 0 Å². The van der Waals surface area contributed by atoms with Crippen LogP contribution >= 0.6 is 8.60 Å². The second-order valence-corrected chi connectivity index (χ2v) is 11.2. The Morgan fingerprint density at radius 1 is 0.512 bits per heavy atom. The first-order chi connectivity index (χ1) is 19.5. The number of rotatable bonds is 4. The molecule has 6 rings (SSSR count). The third kappa shape index (κ3) is 4.77. The van der Waals surface area contributed by atoms with Gasteiger partial charge in [0.05, 0.1) is 0 Å². The Morgan fingerprint density at radius 2 is 0.756 bits per heavy atom. The lowest BCUT2D eigenvalue weighted by molar-refractivity contribution is -0.175. The van der Waals surface area contributed by atoms with E-state index in [-0.39, 0.29) is 0 Å². The SMILES string of the molecule is CC1(C)OC2C(O1)C(c1ccc(F)cc1)(c1ccc(F)cc1)OP(O)OC2(c1ccc(F)cc1)c1ccc(F)cc1. The highest BCUT2D eigenvalue weighted by atomic mass is 31.2. The average Bonchev–Trinajstić information content (AvgIpc) is 3.23. The van der Waals surface area contributed by atoms with Crippen molar-refractivity contribution in [2.75, 3.05) is 0 Å². The highest BCUT2D eigenvalue weighted by molar-refractivity contribution is 7.40. The van der Waals surface area contributed by atoms with E-state index in [2.05, 4.69) is 0 Å². The van der Waals surface area contributed by atoms with Gasteiger partial charge in [0.25, 0.3) is 0 Å². The fraction of sp³-hybridized carbons (Fsp3) is 0.226. The molecule has 1 N–H and O–H groups in total. The summed E-state index contributed by atoms with van der Waals surface area (Å²) >= 11 is 0. The van der Waals surface area contributed by atoms with Gasteiger partial charge in [0.15, 0.2) is 17.0 Å². The topological polar surface area (TPSA) is 57.2 Å². The summed E-state index contributed by atoms with van der Waals surface area (Å²) in [5.74, 6) is -3.29. The van der Waals surface area contributed by atoms with Crippen molar-refractivity contribution in [1.29, 1.82) is 0 Å². The van der Waals surface area contributed by atoms with Crippen molar-refractivity contribution < 1.29 is 41.0 Å². The van der Waals surface area contributed by atoms with Gasteiger partial charge in [-0.15, -0.1) is 0 Å². The second kappa shape index (κ2) is 10.3. The van der Waals surface area contributed by atoms with Crippen molar-refractivity contribution in [3.05, 3.63) is 143 Å². The summed E-state index contributed by atoms with van der Waals surface area (Å²) in [7, 11) is -2.81. The van der Waals surface area contributed by atoms with E-state index in [0.717, 1.165) is 0 Å². The minimum Gasteiger partial charge on any atom is -0.341 e. The van der Waals surface area contributed by atoms with Gasteiger partial charge in [-0.05, 0) is 84.6 Å². The summed E-state index contributed by atoms with van der Waals surface area (Å²) in [6, 6.07) is 21.7. The highest BCUT2D eigenvalue weighted by Crippen LogP contribution is 2.63. The molecule has 2 fully saturated rings. The molecule has 0 aliphatic carbocycles. The third-order valence-electron chi connectivity index (χ3n) is 7.43. The Bertz CT molecular complexity index is 1320. The Kier molecular flexibility index (Phi) is 7.01. The number of ether oxygens (including phenoxy) is 2. The maximum atomic E-state index is 14.1. The molecule has 2 saturated heterocycles. The smallest absolute Gasteiger partial charge is 0.332 e. The van der Waals surface area contributed by atoms with Crippen LogP contribution in [0.2, 0.25) is 0 Å².